The van der Waals surface area contributed by atoms with E-state index in [9.17, 15) is 0 Å². The molecule has 1 nitrogen and oxygen atoms in total. The fourth-order valence-electron chi connectivity index (χ4n) is 1.63. The minimum Gasteiger partial charge on any atom is -0.330 e. The van der Waals surface area contributed by atoms with Crippen molar-refractivity contribution in [2.75, 3.05) is 6.54 Å². The highest BCUT2D eigenvalue weighted by atomic mass is 14.5. The Morgan fingerprint density at radius 3 is 2.46 bits per heavy atom. The van der Waals surface area contributed by atoms with Crippen LogP contribution in [0.15, 0.2) is 30.3 Å². The molecule has 0 fully saturated rings. The van der Waals surface area contributed by atoms with E-state index in [4.69, 9.17) is 5.73 Å². The van der Waals surface area contributed by atoms with Crippen LogP contribution in [0.2, 0.25) is 0 Å². The summed E-state index contributed by atoms with van der Waals surface area (Å²) < 4.78 is 0. The summed E-state index contributed by atoms with van der Waals surface area (Å²) in [6.45, 7) is 3.05. The third-order valence-electron chi connectivity index (χ3n) is 2.52. The first-order chi connectivity index (χ1) is 6.36. The molecule has 0 radical (unpaired) electrons. The van der Waals surface area contributed by atoms with E-state index in [2.05, 4.69) is 37.3 Å². The number of rotatable bonds is 5. The Labute approximate surface area is 81.0 Å². The van der Waals surface area contributed by atoms with Crippen LogP contribution >= 0.6 is 0 Å². The monoisotopic (exact) mass is 177 g/mol. The lowest BCUT2D eigenvalue weighted by molar-refractivity contribution is 0.475. The normalized spacial score (nSPS) is 12.8. The summed E-state index contributed by atoms with van der Waals surface area (Å²) in [6, 6.07) is 10.7. The maximum Gasteiger partial charge on any atom is -0.00745 e. The Balaban J connectivity index is 2.46. The number of hydrogen-bond acceptors (Lipinski definition) is 1. The minimum atomic E-state index is 0.757. The van der Waals surface area contributed by atoms with Gasteiger partial charge in [0.1, 0.15) is 0 Å². The molecule has 2 N–H and O–H groups in total. The highest BCUT2D eigenvalue weighted by Crippen LogP contribution is 2.14. The second-order valence-electron chi connectivity index (χ2n) is 3.54. The Morgan fingerprint density at radius 1 is 1.23 bits per heavy atom. The first-order valence-corrected chi connectivity index (χ1v) is 5.10. The van der Waals surface area contributed by atoms with Crippen molar-refractivity contribution in [3.63, 3.8) is 0 Å². The fraction of sp³-hybridized carbons (Fsp3) is 0.500. The summed E-state index contributed by atoms with van der Waals surface area (Å²) in [5.74, 6) is 0.757. The van der Waals surface area contributed by atoms with Crippen molar-refractivity contribution in [3.8, 4) is 0 Å². The molecule has 0 amide bonds. The first kappa shape index (κ1) is 10.3. The number of hydrogen-bond donors (Lipinski definition) is 1. The first-order valence-electron chi connectivity index (χ1n) is 5.10. The second-order valence-corrected chi connectivity index (χ2v) is 3.54. The van der Waals surface area contributed by atoms with Gasteiger partial charge in [-0.25, -0.2) is 0 Å². The van der Waals surface area contributed by atoms with Crippen molar-refractivity contribution in [1.82, 2.24) is 0 Å². The van der Waals surface area contributed by atoms with Crippen molar-refractivity contribution in [2.45, 2.75) is 26.2 Å². The molecule has 0 aliphatic heterocycles. The van der Waals surface area contributed by atoms with Gasteiger partial charge in [0, 0.05) is 0 Å². The SMILES string of the molecule is CCC(CCN)Cc1ccccc1. The topological polar surface area (TPSA) is 26.0 Å². The Bertz CT molecular complexity index is 218. The Kier molecular flexibility index (Phi) is 4.55. The predicted octanol–water partition coefficient (Wildman–Crippen LogP) is 2.60. The van der Waals surface area contributed by atoms with Gasteiger partial charge >= 0.3 is 0 Å². The van der Waals surface area contributed by atoms with Crippen LogP contribution < -0.4 is 5.73 Å². The van der Waals surface area contributed by atoms with Crippen LogP contribution in [0, 0.1) is 5.92 Å². The molecule has 0 spiro atoms. The van der Waals surface area contributed by atoms with Crippen molar-refractivity contribution >= 4 is 0 Å². The van der Waals surface area contributed by atoms with Gasteiger partial charge in [0.25, 0.3) is 0 Å². The number of benzene rings is 1. The van der Waals surface area contributed by atoms with E-state index < -0.39 is 0 Å². The van der Waals surface area contributed by atoms with Gasteiger partial charge in [-0.15, -0.1) is 0 Å². The summed E-state index contributed by atoms with van der Waals surface area (Å²) in [7, 11) is 0. The summed E-state index contributed by atoms with van der Waals surface area (Å²) in [5.41, 5.74) is 6.99. The van der Waals surface area contributed by atoms with Crippen LogP contribution in [0.25, 0.3) is 0 Å². The van der Waals surface area contributed by atoms with Crippen LogP contribution in [0.4, 0.5) is 0 Å². The lowest BCUT2D eigenvalue weighted by Gasteiger charge is -2.13. The molecule has 13 heavy (non-hydrogen) atoms. The van der Waals surface area contributed by atoms with Gasteiger partial charge in [0.2, 0.25) is 0 Å². The lowest BCUT2D eigenvalue weighted by atomic mass is 9.94. The molecule has 1 aromatic rings. The summed E-state index contributed by atoms with van der Waals surface area (Å²) >= 11 is 0. The van der Waals surface area contributed by atoms with Crippen LogP contribution in [-0.4, -0.2) is 6.54 Å². The number of nitrogens with two attached hydrogens (primary N) is 1. The van der Waals surface area contributed by atoms with E-state index >= 15 is 0 Å². The van der Waals surface area contributed by atoms with E-state index in [0.717, 1.165) is 18.9 Å². The van der Waals surface area contributed by atoms with Gasteiger partial charge in [0.15, 0.2) is 0 Å². The van der Waals surface area contributed by atoms with Crippen molar-refractivity contribution in [2.24, 2.45) is 11.7 Å². The van der Waals surface area contributed by atoms with Crippen LogP contribution in [-0.2, 0) is 6.42 Å². The largest absolute Gasteiger partial charge is 0.330 e. The zero-order valence-corrected chi connectivity index (χ0v) is 8.37. The van der Waals surface area contributed by atoms with E-state index in [1.165, 1.54) is 18.4 Å². The molecule has 0 aliphatic carbocycles. The van der Waals surface area contributed by atoms with Gasteiger partial charge < -0.3 is 5.73 Å². The fourth-order valence-corrected chi connectivity index (χ4v) is 1.63. The van der Waals surface area contributed by atoms with Crippen LogP contribution in [0.3, 0.4) is 0 Å². The quantitative estimate of drug-likeness (QED) is 0.735. The Hall–Kier alpha value is -0.820. The van der Waals surface area contributed by atoms with Gasteiger partial charge in [-0.05, 0) is 30.9 Å². The van der Waals surface area contributed by atoms with Crippen molar-refractivity contribution in [3.05, 3.63) is 35.9 Å². The third-order valence-corrected chi connectivity index (χ3v) is 2.52. The summed E-state index contributed by atoms with van der Waals surface area (Å²) in [4.78, 5) is 0. The average molecular weight is 177 g/mol. The average Bonchev–Trinajstić information content (AvgIpc) is 2.19. The molecule has 0 aromatic heterocycles. The second kappa shape index (κ2) is 5.76. The van der Waals surface area contributed by atoms with Crippen molar-refractivity contribution < 1.29 is 0 Å². The molecule has 0 heterocycles. The van der Waals surface area contributed by atoms with Gasteiger partial charge in [0.05, 0.1) is 0 Å². The molecule has 1 unspecified atom stereocenters. The van der Waals surface area contributed by atoms with Gasteiger partial charge in [-0.1, -0.05) is 43.7 Å². The predicted molar refractivity (Wildman–Crippen MR) is 57.6 cm³/mol. The van der Waals surface area contributed by atoms with E-state index in [0.29, 0.717) is 0 Å². The zero-order chi connectivity index (χ0) is 9.52. The summed E-state index contributed by atoms with van der Waals surface area (Å²) in [6.07, 6.45) is 3.55. The molecule has 0 saturated heterocycles. The third kappa shape index (κ3) is 3.60. The molecule has 0 saturated carbocycles. The Morgan fingerprint density at radius 2 is 1.92 bits per heavy atom. The smallest absolute Gasteiger partial charge is 0.00745 e. The van der Waals surface area contributed by atoms with E-state index in [1.54, 1.807) is 0 Å². The molecule has 0 aliphatic rings. The molecular formula is C12H19N. The molecule has 1 rings (SSSR count). The maximum absolute atomic E-state index is 5.56. The van der Waals surface area contributed by atoms with Crippen LogP contribution in [0.1, 0.15) is 25.3 Å². The summed E-state index contributed by atoms with van der Waals surface area (Å²) in [5, 5.41) is 0. The molecule has 1 atom stereocenters. The minimum absolute atomic E-state index is 0.757. The van der Waals surface area contributed by atoms with E-state index in [-0.39, 0.29) is 0 Å². The van der Waals surface area contributed by atoms with Gasteiger partial charge in [-0.3, -0.25) is 0 Å². The maximum atomic E-state index is 5.56. The highest BCUT2D eigenvalue weighted by molar-refractivity contribution is 5.15. The highest BCUT2D eigenvalue weighted by Gasteiger charge is 2.05. The standard InChI is InChI=1S/C12H19N/c1-2-11(8-9-13)10-12-6-4-3-5-7-12/h3-7,11H,2,8-10,13H2,1H3. The molecule has 1 heteroatoms. The van der Waals surface area contributed by atoms with Crippen molar-refractivity contribution in [1.29, 1.82) is 0 Å². The molecule has 0 bridgehead atoms. The zero-order valence-electron chi connectivity index (χ0n) is 8.37. The van der Waals surface area contributed by atoms with Crippen LogP contribution in [0.5, 0.6) is 0 Å². The molecule has 1 aromatic carbocycles. The van der Waals surface area contributed by atoms with E-state index in [1.807, 2.05) is 0 Å². The molecular weight excluding hydrogens is 158 g/mol. The lowest BCUT2D eigenvalue weighted by Crippen LogP contribution is -2.10. The molecule has 72 valence electrons. The van der Waals surface area contributed by atoms with Gasteiger partial charge in [-0.2, -0.15) is 0 Å².